The summed E-state index contributed by atoms with van der Waals surface area (Å²) in [4.78, 5) is 14.6. The molecule has 1 aliphatic rings. The van der Waals surface area contributed by atoms with E-state index in [1.165, 1.54) is 12.1 Å². The lowest BCUT2D eigenvalue weighted by Gasteiger charge is -2.25. The molecule has 6 nitrogen and oxygen atoms in total. The van der Waals surface area contributed by atoms with Crippen molar-refractivity contribution in [3.05, 3.63) is 59.7 Å². The van der Waals surface area contributed by atoms with Crippen molar-refractivity contribution in [3.8, 4) is 5.75 Å². The first kappa shape index (κ1) is 19.4. The Morgan fingerprint density at radius 2 is 1.85 bits per heavy atom. The summed E-state index contributed by atoms with van der Waals surface area (Å²) in [6, 6.07) is 13.5. The van der Waals surface area contributed by atoms with E-state index in [4.69, 9.17) is 4.74 Å². The quantitative estimate of drug-likeness (QED) is 0.791. The molecule has 27 heavy (non-hydrogen) atoms. The van der Waals surface area contributed by atoms with Crippen LogP contribution in [0, 0.1) is 0 Å². The second-order valence-corrected chi connectivity index (χ2v) is 8.50. The van der Waals surface area contributed by atoms with E-state index >= 15 is 0 Å². The third kappa shape index (κ3) is 4.48. The van der Waals surface area contributed by atoms with Gasteiger partial charge in [0.25, 0.3) is 5.91 Å². The Morgan fingerprint density at radius 3 is 2.44 bits per heavy atom. The third-order valence-electron chi connectivity index (χ3n) is 4.79. The summed E-state index contributed by atoms with van der Waals surface area (Å²) in [6.07, 6.45) is 1.72. The van der Waals surface area contributed by atoms with Crippen LogP contribution in [0.1, 0.15) is 41.7 Å². The molecule has 0 saturated heterocycles. The Hall–Kier alpha value is -2.38. The number of nitrogens with one attached hydrogen (secondary N) is 1. The molecule has 1 unspecified atom stereocenters. The van der Waals surface area contributed by atoms with Gasteiger partial charge < -0.3 is 9.64 Å². The summed E-state index contributed by atoms with van der Waals surface area (Å²) >= 11 is 0. The predicted octanol–water partition coefficient (Wildman–Crippen LogP) is 2.97. The first-order chi connectivity index (χ1) is 12.8. The molecule has 0 aromatic heterocycles. The Balaban J connectivity index is 1.78. The van der Waals surface area contributed by atoms with Gasteiger partial charge in [-0.05, 0) is 55.7 Å². The van der Waals surface area contributed by atoms with E-state index < -0.39 is 10.0 Å². The van der Waals surface area contributed by atoms with E-state index in [9.17, 15) is 13.2 Å². The van der Waals surface area contributed by atoms with E-state index in [0.29, 0.717) is 5.56 Å². The van der Waals surface area contributed by atoms with Crippen molar-refractivity contribution < 1.29 is 17.9 Å². The van der Waals surface area contributed by atoms with Gasteiger partial charge in [0.15, 0.2) is 0 Å². The van der Waals surface area contributed by atoms with Crippen LogP contribution in [0.4, 0.5) is 0 Å². The molecule has 1 amide bonds. The average molecular weight is 388 g/mol. The fourth-order valence-electron chi connectivity index (χ4n) is 2.77. The molecule has 3 rings (SSSR count). The second kappa shape index (κ2) is 7.70. The van der Waals surface area contributed by atoms with Crippen molar-refractivity contribution in [2.24, 2.45) is 0 Å². The van der Waals surface area contributed by atoms with Crippen LogP contribution in [0.3, 0.4) is 0 Å². The monoisotopic (exact) mass is 388 g/mol. The number of hydrogen-bond acceptors (Lipinski definition) is 4. The summed E-state index contributed by atoms with van der Waals surface area (Å²) in [7, 11) is -0.280. The molecule has 0 aliphatic heterocycles. The molecule has 2 aromatic carbocycles. The van der Waals surface area contributed by atoms with Gasteiger partial charge in [0.05, 0.1) is 18.0 Å². The van der Waals surface area contributed by atoms with Crippen LogP contribution in [0.25, 0.3) is 0 Å². The SMILES string of the molecule is COc1ccc(C(C)N(C)C(=O)c2cccc(S(=O)(=O)NC3CC3)c2)cc1. The minimum absolute atomic E-state index is 0.0205. The average Bonchev–Trinajstić information content (AvgIpc) is 3.49. The van der Waals surface area contributed by atoms with Crippen molar-refractivity contribution in [2.45, 2.75) is 36.7 Å². The third-order valence-corrected chi connectivity index (χ3v) is 6.31. The molecule has 144 valence electrons. The van der Waals surface area contributed by atoms with Crippen molar-refractivity contribution in [1.82, 2.24) is 9.62 Å². The van der Waals surface area contributed by atoms with Crippen molar-refractivity contribution in [2.75, 3.05) is 14.2 Å². The highest BCUT2D eigenvalue weighted by Crippen LogP contribution is 2.25. The van der Waals surface area contributed by atoms with Crippen LogP contribution in [0.5, 0.6) is 5.75 Å². The fourth-order valence-corrected chi connectivity index (χ4v) is 4.12. The second-order valence-electron chi connectivity index (χ2n) is 6.79. The first-order valence-corrected chi connectivity index (χ1v) is 10.3. The highest BCUT2D eigenvalue weighted by atomic mass is 32.2. The normalized spacial score (nSPS) is 15.2. The number of ether oxygens (including phenoxy) is 1. The maximum Gasteiger partial charge on any atom is 0.254 e. The van der Waals surface area contributed by atoms with Gasteiger partial charge in [0.2, 0.25) is 10.0 Å². The lowest BCUT2D eigenvalue weighted by molar-refractivity contribution is 0.0742. The van der Waals surface area contributed by atoms with Crippen LogP contribution in [0.2, 0.25) is 0 Å². The highest BCUT2D eigenvalue weighted by Gasteiger charge is 2.28. The predicted molar refractivity (Wildman–Crippen MR) is 103 cm³/mol. The smallest absolute Gasteiger partial charge is 0.254 e. The summed E-state index contributed by atoms with van der Waals surface area (Å²) in [5, 5.41) is 0. The maximum absolute atomic E-state index is 12.9. The summed E-state index contributed by atoms with van der Waals surface area (Å²) in [5.41, 5.74) is 1.31. The Labute approximate surface area is 160 Å². The van der Waals surface area contributed by atoms with Gasteiger partial charge in [-0.15, -0.1) is 0 Å². The molecule has 1 fully saturated rings. The zero-order chi connectivity index (χ0) is 19.6. The molecule has 0 spiro atoms. The lowest BCUT2D eigenvalue weighted by Crippen LogP contribution is -2.30. The van der Waals surface area contributed by atoms with Crippen LogP contribution in [-0.4, -0.2) is 39.4 Å². The van der Waals surface area contributed by atoms with Crippen molar-refractivity contribution >= 4 is 15.9 Å². The van der Waals surface area contributed by atoms with Gasteiger partial charge in [-0.1, -0.05) is 18.2 Å². The maximum atomic E-state index is 12.9. The van der Waals surface area contributed by atoms with Gasteiger partial charge in [-0.25, -0.2) is 13.1 Å². The van der Waals surface area contributed by atoms with E-state index in [2.05, 4.69) is 4.72 Å². The number of sulfonamides is 1. The van der Waals surface area contributed by atoms with E-state index in [-0.39, 0.29) is 22.9 Å². The standard InChI is InChI=1S/C20H24N2O4S/c1-14(15-7-11-18(26-3)12-8-15)22(2)20(23)16-5-4-6-19(13-16)27(24,25)21-17-9-10-17/h4-8,11-14,17,21H,9-10H2,1-3H3. The Bertz CT molecular complexity index is 921. The topological polar surface area (TPSA) is 75.7 Å². The molecule has 1 atom stereocenters. The molecule has 1 aliphatic carbocycles. The number of carbonyl (C=O) groups is 1. The summed E-state index contributed by atoms with van der Waals surface area (Å²) in [5.74, 6) is 0.516. The number of amides is 1. The largest absolute Gasteiger partial charge is 0.497 e. The molecular formula is C20H24N2O4S. The van der Waals surface area contributed by atoms with Crippen LogP contribution in [-0.2, 0) is 10.0 Å². The molecule has 1 N–H and O–H groups in total. The molecule has 0 radical (unpaired) electrons. The van der Waals surface area contributed by atoms with Crippen LogP contribution in [0.15, 0.2) is 53.4 Å². The van der Waals surface area contributed by atoms with Gasteiger partial charge in [0.1, 0.15) is 5.75 Å². The van der Waals surface area contributed by atoms with Crippen molar-refractivity contribution in [1.29, 1.82) is 0 Å². The molecule has 7 heteroatoms. The minimum atomic E-state index is -3.59. The molecule has 0 bridgehead atoms. The van der Waals surface area contributed by atoms with E-state index in [1.54, 1.807) is 31.2 Å². The van der Waals surface area contributed by atoms with Crippen molar-refractivity contribution in [3.63, 3.8) is 0 Å². The summed E-state index contributed by atoms with van der Waals surface area (Å²) < 4.78 is 32.6. The molecule has 0 heterocycles. The zero-order valence-corrected chi connectivity index (χ0v) is 16.5. The zero-order valence-electron chi connectivity index (χ0n) is 15.7. The van der Waals surface area contributed by atoms with Gasteiger partial charge in [-0.3, -0.25) is 4.79 Å². The lowest BCUT2D eigenvalue weighted by atomic mass is 10.1. The van der Waals surface area contributed by atoms with Gasteiger partial charge >= 0.3 is 0 Å². The number of nitrogens with zero attached hydrogens (tertiary/aromatic N) is 1. The molecule has 1 saturated carbocycles. The number of benzene rings is 2. The van der Waals surface area contributed by atoms with Crippen LogP contribution < -0.4 is 9.46 Å². The van der Waals surface area contributed by atoms with Crippen LogP contribution >= 0.6 is 0 Å². The number of rotatable bonds is 7. The highest BCUT2D eigenvalue weighted by molar-refractivity contribution is 7.89. The molecule has 2 aromatic rings. The Morgan fingerprint density at radius 1 is 1.19 bits per heavy atom. The van der Waals surface area contributed by atoms with Gasteiger partial charge in [0, 0.05) is 18.7 Å². The first-order valence-electron chi connectivity index (χ1n) is 8.85. The summed E-state index contributed by atoms with van der Waals surface area (Å²) in [6.45, 7) is 1.93. The van der Waals surface area contributed by atoms with Gasteiger partial charge in [-0.2, -0.15) is 0 Å². The van der Waals surface area contributed by atoms with E-state index in [1.807, 2.05) is 31.2 Å². The number of methoxy groups -OCH3 is 1. The fraction of sp³-hybridized carbons (Fsp3) is 0.350. The molecular weight excluding hydrogens is 364 g/mol. The number of hydrogen-bond donors (Lipinski definition) is 1. The van der Waals surface area contributed by atoms with E-state index in [0.717, 1.165) is 24.2 Å². The minimum Gasteiger partial charge on any atom is -0.497 e. The number of carbonyl (C=O) groups excluding carboxylic acids is 1. The Kier molecular flexibility index (Phi) is 5.53.